The minimum atomic E-state index is 0.867. The number of hydrogen-bond donors (Lipinski definition) is 0. The molecule has 0 aliphatic heterocycles. The normalized spacial score (nSPS) is 11.5. The Labute approximate surface area is 133 Å². The third-order valence-corrected chi connectivity index (χ3v) is 3.94. The summed E-state index contributed by atoms with van der Waals surface area (Å²) in [6.07, 6.45) is 0. The molecule has 0 atom stereocenters. The highest BCUT2D eigenvalue weighted by atomic mass is 32.1. The maximum absolute atomic E-state index is 4.40. The molecule has 3 nitrogen and oxygen atoms in total. The number of thiazole rings is 1. The second-order valence-electron chi connectivity index (χ2n) is 5.09. The van der Waals surface area contributed by atoms with Gasteiger partial charge in [0.1, 0.15) is 0 Å². The van der Waals surface area contributed by atoms with Crippen LogP contribution in [0.3, 0.4) is 0 Å². The first kappa shape index (κ1) is 14.5. The lowest BCUT2D eigenvalue weighted by Crippen LogP contribution is -2.13. The monoisotopic (exact) mass is 307 g/mol. The molecule has 0 fully saturated rings. The van der Waals surface area contributed by atoms with Crippen LogP contribution in [0.15, 0.2) is 76.2 Å². The summed E-state index contributed by atoms with van der Waals surface area (Å²) < 4.78 is 2.15. The molecule has 0 saturated heterocycles. The van der Waals surface area contributed by atoms with Crippen LogP contribution in [0.1, 0.15) is 13.8 Å². The Kier molecular flexibility index (Phi) is 4.30. The first-order valence-electron chi connectivity index (χ1n) is 7.12. The average Bonchev–Trinajstić information content (AvgIpc) is 2.98. The van der Waals surface area contributed by atoms with Gasteiger partial charge in [0.2, 0.25) is 4.80 Å². The third-order valence-electron chi connectivity index (χ3n) is 3.13. The molecule has 0 saturated carbocycles. The topological polar surface area (TPSA) is 29.6 Å². The summed E-state index contributed by atoms with van der Waals surface area (Å²) >= 11 is 1.60. The maximum Gasteiger partial charge on any atom is 0.215 e. The van der Waals surface area contributed by atoms with Crippen LogP contribution < -0.4 is 4.80 Å². The Bertz CT molecular complexity index is 839. The van der Waals surface area contributed by atoms with Gasteiger partial charge >= 0.3 is 0 Å². The molecule has 1 heterocycles. The molecule has 3 aromatic rings. The Morgan fingerprint density at radius 1 is 0.909 bits per heavy atom. The van der Waals surface area contributed by atoms with Gasteiger partial charge in [0.05, 0.1) is 5.69 Å². The predicted octanol–water partition coefficient (Wildman–Crippen LogP) is 4.50. The lowest BCUT2D eigenvalue weighted by Gasteiger charge is -2.08. The average molecular weight is 307 g/mol. The van der Waals surface area contributed by atoms with Gasteiger partial charge in [0.15, 0.2) is 0 Å². The quantitative estimate of drug-likeness (QED) is 0.504. The molecule has 4 heteroatoms. The van der Waals surface area contributed by atoms with Crippen molar-refractivity contribution in [3.63, 3.8) is 0 Å². The van der Waals surface area contributed by atoms with E-state index in [0.29, 0.717) is 0 Å². The summed E-state index contributed by atoms with van der Waals surface area (Å²) in [4.78, 5) is 0.867. The van der Waals surface area contributed by atoms with E-state index in [1.807, 2.05) is 50.2 Å². The van der Waals surface area contributed by atoms with E-state index in [1.54, 1.807) is 11.3 Å². The van der Waals surface area contributed by atoms with Gasteiger partial charge in [0, 0.05) is 16.8 Å². The van der Waals surface area contributed by atoms with Gasteiger partial charge in [-0.15, -0.1) is 16.4 Å². The molecule has 1 aromatic heterocycles. The van der Waals surface area contributed by atoms with Crippen molar-refractivity contribution in [2.45, 2.75) is 13.8 Å². The molecule has 0 amide bonds. The Morgan fingerprint density at radius 2 is 1.55 bits per heavy atom. The van der Waals surface area contributed by atoms with Gasteiger partial charge in [-0.05, 0) is 31.5 Å². The minimum Gasteiger partial charge on any atom is -0.284 e. The van der Waals surface area contributed by atoms with Gasteiger partial charge in [-0.1, -0.05) is 48.5 Å². The molecule has 0 N–H and O–H groups in total. The first-order chi connectivity index (χ1) is 10.8. The number of hydrogen-bond acceptors (Lipinski definition) is 3. The Balaban J connectivity index is 2.25. The van der Waals surface area contributed by atoms with Crippen LogP contribution >= 0.6 is 11.3 Å². The predicted molar refractivity (Wildman–Crippen MR) is 93.4 cm³/mol. The van der Waals surface area contributed by atoms with E-state index in [4.69, 9.17) is 0 Å². The van der Waals surface area contributed by atoms with Gasteiger partial charge < -0.3 is 0 Å². The number of rotatable bonds is 3. The number of aromatic nitrogens is 1. The second kappa shape index (κ2) is 6.54. The fourth-order valence-electron chi connectivity index (χ4n) is 2.16. The van der Waals surface area contributed by atoms with Gasteiger partial charge in [0.25, 0.3) is 0 Å². The van der Waals surface area contributed by atoms with Crippen molar-refractivity contribution in [3.8, 4) is 16.9 Å². The van der Waals surface area contributed by atoms with E-state index in [1.165, 1.54) is 5.56 Å². The molecular weight excluding hydrogens is 290 g/mol. The molecule has 2 aromatic carbocycles. The van der Waals surface area contributed by atoms with Crippen LogP contribution in [0.4, 0.5) is 0 Å². The lowest BCUT2D eigenvalue weighted by molar-refractivity contribution is 0.969. The lowest BCUT2D eigenvalue weighted by atomic mass is 10.1. The summed E-state index contributed by atoms with van der Waals surface area (Å²) in [6.45, 7) is 3.89. The highest BCUT2D eigenvalue weighted by Gasteiger charge is 2.09. The van der Waals surface area contributed by atoms with Crippen molar-refractivity contribution in [3.05, 3.63) is 70.8 Å². The van der Waals surface area contributed by atoms with Gasteiger partial charge in [-0.2, -0.15) is 5.10 Å². The van der Waals surface area contributed by atoms with Crippen molar-refractivity contribution in [1.82, 2.24) is 4.57 Å². The SMILES string of the molecule is CC(C)=N/N=c1/scc(-c2ccccc2)n1-c1ccccc1. The maximum atomic E-state index is 4.40. The smallest absolute Gasteiger partial charge is 0.215 e. The zero-order chi connectivity index (χ0) is 15.4. The Hall–Kier alpha value is -2.46. The van der Waals surface area contributed by atoms with Crippen LogP contribution in [0.25, 0.3) is 16.9 Å². The molecule has 0 aliphatic rings. The van der Waals surface area contributed by atoms with Crippen LogP contribution in [-0.4, -0.2) is 10.3 Å². The highest BCUT2D eigenvalue weighted by molar-refractivity contribution is 7.07. The van der Waals surface area contributed by atoms with Crippen molar-refractivity contribution in [2.24, 2.45) is 10.2 Å². The molecule has 3 rings (SSSR count). The summed E-state index contributed by atoms with van der Waals surface area (Å²) in [7, 11) is 0. The second-order valence-corrected chi connectivity index (χ2v) is 5.92. The van der Waals surface area contributed by atoms with E-state index in [9.17, 15) is 0 Å². The third kappa shape index (κ3) is 3.07. The summed E-state index contributed by atoms with van der Waals surface area (Å²) in [5, 5.41) is 10.7. The fraction of sp³-hybridized carbons (Fsp3) is 0.111. The van der Waals surface area contributed by atoms with Crippen LogP contribution in [0, 0.1) is 0 Å². The Morgan fingerprint density at radius 3 is 2.18 bits per heavy atom. The standard InChI is InChI=1S/C18H17N3S/c1-14(2)19-20-18-21(16-11-7-4-8-12-16)17(13-22-18)15-9-5-3-6-10-15/h3-13H,1-2H3/b20-18+. The zero-order valence-electron chi connectivity index (χ0n) is 12.6. The molecule has 0 unspecified atom stereocenters. The van der Waals surface area contributed by atoms with Crippen molar-refractivity contribution < 1.29 is 0 Å². The van der Waals surface area contributed by atoms with Gasteiger partial charge in [-0.25, -0.2) is 0 Å². The summed E-state index contributed by atoms with van der Waals surface area (Å²) in [5.74, 6) is 0. The van der Waals surface area contributed by atoms with E-state index in [-0.39, 0.29) is 0 Å². The number of benzene rings is 2. The number of para-hydroxylation sites is 1. The van der Waals surface area contributed by atoms with Crippen molar-refractivity contribution in [1.29, 1.82) is 0 Å². The van der Waals surface area contributed by atoms with Gasteiger partial charge in [-0.3, -0.25) is 4.57 Å². The van der Waals surface area contributed by atoms with Crippen molar-refractivity contribution >= 4 is 17.0 Å². The van der Waals surface area contributed by atoms with E-state index >= 15 is 0 Å². The van der Waals surface area contributed by atoms with E-state index in [0.717, 1.165) is 21.9 Å². The van der Waals surface area contributed by atoms with E-state index in [2.05, 4.69) is 44.4 Å². The molecule has 22 heavy (non-hydrogen) atoms. The van der Waals surface area contributed by atoms with Crippen LogP contribution in [0.5, 0.6) is 0 Å². The molecule has 110 valence electrons. The zero-order valence-corrected chi connectivity index (χ0v) is 13.4. The molecule has 0 aliphatic carbocycles. The highest BCUT2D eigenvalue weighted by Crippen LogP contribution is 2.23. The van der Waals surface area contributed by atoms with Crippen LogP contribution in [-0.2, 0) is 0 Å². The molecule has 0 radical (unpaired) electrons. The summed E-state index contributed by atoms with van der Waals surface area (Å²) in [6, 6.07) is 20.6. The van der Waals surface area contributed by atoms with Crippen LogP contribution in [0.2, 0.25) is 0 Å². The largest absolute Gasteiger partial charge is 0.284 e. The van der Waals surface area contributed by atoms with Crippen molar-refractivity contribution in [2.75, 3.05) is 0 Å². The van der Waals surface area contributed by atoms with E-state index < -0.39 is 0 Å². The fourth-order valence-corrected chi connectivity index (χ4v) is 3.02. The first-order valence-corrected chi connectivity index (χ1v) is 8.00. The molecule has 0 spiro atoms. The minimum absolute atomic E-state index is 0.867. The summed E-state index contributed by atoms with van der Waals surface area (Å²) in [5.41, 5.74) is 4.32. The number of nitrogens with zero attached hydrogens (tertiary/aromatic N) is 3. The molecule has 0 bridgehead atoms. The molecular formula is C18H17N3S.